The number of rotatable bonds is 8. The average molecular weight is 501 g/mol. The number of halogens is 2. The number of aliphatic imine (C=N–C) groups is 1. The van der Waals surface area contributed by atoms with E-state index in [1.165, 1.54) is 36.0 Å². The van der Waals surface area contributed by atoms with Crippen LogP contribution in [-0.2, 0) is 11.4 Å². The summed E-state index contributed by atoms with van der Waals surface area (Å²) in [5, 5.41) is 15.8. The van der Waals surface area contributed by atoms with E-state index in [9.17, 15) is 9.18 Å². The van der Waals surface area contributed by atoms with Gasteiger partial charge in [-0.1, -0.05) is 43.1 Å². The van der Waals surface area contributed by atoms with E-state index >= 15 is 0 Å². The van der Waals surface area contributed by atoms with Crippen molar-refractivity contribution in [1.82, 2.24) is 5.01 Å². The van der Waals surface area contributed by atoms with Gasteiger partial charge >= 0.3 is 0 Å². The van der Waals surface area contributed by atoms with E-state index in [0.29, 0.717) is 22.0 Å². The highest BCUT2D eigenvalue weighted by atomic mass is 35.5. The number of amides is 1. The lowest BCUT2D eigenvalue weighted by Crippen LogP contribution is -2.35. The van der Waals surface area contributed by atoms with Gasteiger partial charge < -0.3 is 9.47 Å². The van der Waals surface area contributed by atoms with Crippen LogP contribution < -0.4 is 9.47 Å². The van der Waals surface area contributed by atoms with Crippen LogP contribution in [-0.4, -0.2) is 34.1 Å². The minimum absolute atomic E-state index is 0.0329. The molecule has 0 saturated carbocycles. The molecular weight excluding hydrogens is 479 g/mol. The maximum absolute atomic E-state index is 13.9. The molecule has 2 aliphatic rings. The first-order valence-electron chi connectivity index (χ1n) is 10.6. The molecule has 0 unspecified atom stereocenters. The maximum Gasteiger partial charge on any atom is 0.283 e. The Kier molecular flexibility index (Phi) is 7.33. The SMILES string of the molecule is CCCCC1=NN2C(=N)C(=Cc3cc(Cl)c(OCc4ccccc4F)c(OC)c3)C(=O)N=C2S1. The summed E-state index contributed by atoms with van der Waals surface area (Å²) in [6, 6.07) is 9.51. The molecule has 34 heavy (non-hydrogen) atoms. The van der Waals surface area contributed by atoms with Gasteiger partial charge in [0.15, 0.2) is 17.3 Å². The molecule has 0 aliphatic carbocycles. The Morgan fingerprint density at radius 2 is 2.09 bits per heavy atom. The second kappa shape index (κ2) is 10.4. The predicted molar refractivity (Wildman–Crippen MR) is 133 cm³/mol. The van der Waals surface area contributed by atoms with Crippen molar-refractivity contribution in [3.8, 4) is 11.5 Å². The number of carbonyl (C=O) groups is 1. The number of amidine groups is 2. The van der Waals surface area contributed by atoms with Crippen molar-refractivity contribution in [2.45, 2.75) is 32.8 Å². The third kappa shape index (κ3) is 5.00. The average Bonchev–Trinajstić information content (AvgIpc) is 3.23. The third-order valence-electron chi connectivity index (χ3n) is 5.13. The lowest BCUT2D eigenvalue weighted by Gasteiger charge is -2.20. The summed E-state index contributed by atoms with van der Waals surface area (Å²) in [6.45, 7) is 2.06. The number of hydrogen-bond donors (Lipinski definition) is 1. The summed E-state index contributed by atoms with van der Waals surface area (Å²) in [7, 11) is 1.46. The van der Waals surface area contributed by atoms with Gasteiger partial charge in [0.2, 0.25) is 5.17 Å². The Hall–Kier alpha value is -3.17. The topological polar surface area (TPSA) is 87.3 Å². The monoisotopic (exact) mass is 500 g/mol. The minimum Gasteiger partial charge on any atom is -0.493 e. The lowest BCUT2D eigenvalue weighted by atomic mass is 10.1. The molecule has 10 heteroatoms. The van der Waals surface area contributed by atoms with Gasteiger partial charge in [-0.3, -0.25) is 10.2 Å². The van der Waals surface area contributed by atoms with Gasteiger partial charge in [-0.25, -0.2) is 4.39 Å². The highest BCUT2D eigenvalue weighted by Crippen LogP contribution is 2.38. The molecule has 0 aromatic heterocycles. The molecule has 4 rings (SSSR count). The molecule has 0 atom stereocenters. The molecule has 1 amide bonds. The first-order chi connectivity index (χ1) is 16.4. The summed E-state index contributed by atoms with van der Waals surface area (Å²) < 4.78 is 25.1. The van der Waals surface area contributed by atoms with Crippen LogP contribution >= 0.6 is 23.4 Å². The molecule has 176 valence electrons. The number of unbranched alkanes of at least 4 members (excludes halogenated alkanes) is 1. The van der Waals surface area contributed by atoms with Crippen LogP contribution in [0.5, 0.6) is 11.5 Å². The van der Waals surface area contributed by atoms with E-state index < -0.39 is 5.91 Å². The number of hydrogen-bond acceptors (Lipinski definition) is 6. The number of ether oxygens (including phenoxy) is 2. The van der Waals surface area contributed by atoms with Gasteiger partial charge in [-0.15, -0.1) is 0 Å². The van der Waals surface area contributed by atoms with Crippen molar-refractivity contribution in [1.29, 1.82) is 5.41 Å². The number of methoxy groups -OCH3 is 1. The highest BCUT2D eigenvalue weighted by molar-refractivity contribution is 8.26. The summed E-state index contributed by atoms with van der Waals surface area (Å²) in [5.41, 5.74) is 0.987. The molecule has 0 bridgehead atoms. The molecule has 0 radical (unpaired) electrons. The van der Waals surface area contributed by atoms with Crippen LogP contribution in [0.4, 0.5) is 4.39 Å². The summed E-state index contributed by atoms with van der Waals surface area (Å²) >= 11 is 7.75. The molecule has 0 saturated heterocycles. The van der Waals surface area contributed by atoms with Crippen molar-refractivity contribution in [3.05, 3.63) is 63.9 Å². The third-order valence-corrected chi connectivity index (χ3v) is 6.38. The van der Waals surface area contributed by atoms with Crippen molar-refractivity contribution < 1.29 is 18.7 Å². The Balaban J connectivity index is 1.59. The standard InChI is InChI=1S/C24H22ClFN4O3S/c1-3-4-9-20-29-30-22(27)16(23(31)28-24(30)34-20)10-14-11-17(25)21(19(12-14)32-2)33-13-15-7-5-6-8-18(15)26/h5-8,10-12,27H,3-4,9,13H2,1-2H3. The molecule has 0 spiro atoms. The zero-order chi connectivity index (χ0) is 24.2. The van der Waals surface area contributed by atoms with E-state index in [4.69, 9.17) is 26.5 Å². The molecule has 2 aromatic rings. The fourth-order valence-electron chi connectivity index (χ4n) is 3.36. The van der Waals surface area contributed by atoms with Gasteiger partial charge in [0.1, 0.15) is 17.5 Å². The number of hydrazone groups is 1. The summed E-state index contributed by atoms with van der Waals surface area (Å²) in [5.74, 6) is -0.393. The van der Waals surface area contributed by atoms with Crippen LogP contribution in [0, 0.1) is 11.2 Å². The molecule has 0 fully saturated rings. The Morgan fingerprint density at radius 3 is 2.82 bits per heavy atom. The minimum atomic E-state index is -0.523. The fourth-order valence-corrected chi connectivity index (χ4v) is 4.56. The first-order valence-corrected chi connectivity index (χ1v) is 11.8. The Morgan fingerprint density at radius 1 is 1.29 bits per heavy atom. The van der Waals surface area contributed by atoms with Gasteiger partial charge in [-0.05, 0) is 54.4 Å². The molecular formula is C24H22ClFN4O3S. The second-order valence-electron chi connectivity index (χ2n) is 7.53. The zero-order valence-corrected chi connectivity index (χ0v) is 20.2. The second-order valence-corrected chi connectivity index (χ2v) is 8.98. The maximum atomic E-state index is 13.9. The van der Waals surface area contributed by atoms with E-state index in [0.717, 1.165) is 24.3 Å². The van der Waals surface area contributed by atoms with Crippen LogP contribution in [0.25, 0.3) is 6.08 Å². The van der Waals surface area contributed by atoms with Crippen LogP contribution in [0.2, 0.25) is 5.02 Å². The Labute approximate surface area is 205 Å². The number of nitrogens with one attached hydrogen (secondary N) is 1. The summed E-state index contributed by atoms with van der Waals surface area (Å²) in [4.78, 5) is 16.8. The van der Waals surface area contributed by atoms with Gasteiger partial charge in [0.25, 0.3) is 5.91 Å². The van der Waals surface area contributed by atoms with Crippen molar-refractivity contribution in [2.24, 2.45) is 10.1 Å². The number of carbonyl (C=O) groups excluding carboxylic acids is 1. The van der Waals surface area contributed by atoms with Crippen LogP contribution in [0.3, 0.4) is 0 Å². The number of benzene rings is 2. The van der Waals surface area contributed by atoms with Crippen molar-refractivity contribution in [3.63, 3.8) is 0 Å². The number of nitrogens with zero attached hydrogens (tertiary/aromatic N) is 3. The van der Waals surface area contributed by atoms with Crippen molar-refractivity contribution in [2.75, 3.05) is 7.11 Å². The van der Waals surface area contributed by atoms with E-state index in [2.05, 4.69) is 17.0 Å². The largest absolute Gasteiger partial charge is 0.493 e. The molecule has 7 nitrogen and oxygen atoms in total. The van der Waals surface area contributed by atoms with Crippen molar-refractivity contribution >= 4 is 51.4 Å². The number of fused-ring (bicyclic) bond motifs is 1. The fraction of sp³-hybridized carbons (Fsp3) is 0.250. The predicted octanol–water partition coefficient (Wildman–Crippen LogP) is 5.88. The van der Waals surface area contributed by atoms with E-state index in [1.54, 1.807) is 30.3 Å². The number of thioether (sulfide) groups is 1. The van der Waals surface area contributed by atoms with Crippen LogP contribution in [0.1, 0.15) is 37.3 Å². The van der Waals surface area contributed by atoms with Gasteiger partial charge in [0.05, 0.1) is 17.7 Å². The normalized spacial score (nSPS) is 16.5. The summed E-state index contributed by atoms with van der Waals surface area (Å²) in [6.07, 6.45) is 4.29. The van der Waals surface area contributed by atoms with E-state index in [-0.39, 0.29) is 34.6 Å². The Bertz CT molecular complexity index is 1240. The zero-order valence-electron chi connectivity index (χ0n) is 18.6. The highest BCUT2D eigenvalue weighted by Gasteiger charge is 2.35. The van der Waals surface area contributed by atoms with Crippen LogP contribution in [0.15, 0.2) is 52.1 Å². The van der Waals surface area contributed by atoms with Gasteiger partial charge in [-0.2, -0.15) is 15.1 Å². The van der Waals surface area contributed by atoms with E-state index in [1.807, 2.05) is 0 Å². The first kappa shape index (κ1) is 24.0. The molecule has 2 aromatic carbocycles. The molecule has 1 N–H and O–H groups in total. The lowest BCUT2D eigenvalue weighted by molar-refractivity contribution is -0.114. The smallest absolute Gasteiger partial charge is 0.283 e. The quantitative estimate of drug-likeness (QED) is 0.457. The molecule has 2 heterocycles. The molecule has 2 aliphatic heterocycles. The van der Waals surface area contributed by atoms with Gasteiger partial charge in [0, 0.05) is 5.56 Å².